The Kier molecular flexibility index (Phi) is 5.38. The minimum absolute atomic E-state index is 0.195. The predicted molar refractivity (Wildman–Crippen MR) is 66.7 cm³/mol. The quantitative estimate of drug-likeness (QED) is 0.781. The van der Waals surface area contributed by atoms with E-state index >= 15 is 0 Å². The summed E-state index contributed by atoms with van der Waals surface area (Å²) >= 11 is 0. The average molecular weight is 295 g/mol. The number of nitrogens with one attached hydrogen (secondary N) is 1. The fraction of sp³-hybridized carbons (Fsp3) is 0.833. The first-order valence-corrected chi connectivity index (χ1v) is 6.49. The van der Waals surface area contributed by atoms with Gasteiger partial charge in [-0.05, 0) is 12.8 Å². The van der Waals surface area contributed by atoms with E-state index in [1.165, 1.54) is 7.05 Å². The SMILES string of the molecule is CN(CC(=O)NCC(F)(F)F)C(=O)C1(CN)CCCC1. The van der Waals surface area contributed by atoms with Gasteiger partial charge in [0, 0.05) is 13.6 Å². The third kappa shape index (κ3) is 4.36. The van der Waals surface area contributed by atoms with Crippen molar-refractivity contribution >= 4 is 11.8 Å². The zero-order valence-corrected chi connectivity index (χ0v) is 11.4. The van der Waals surface area contributed by atoms with E-state index in [-0.39, 0.29) is 12.5 Å². The van der Waals surface area contributed by atoms with Crippen LogP contribution >= 0.6 is 0 Å². The third-order valence-electron chi connectivity index (χ3n) is 3.62. The van der Waals surface area contributed by atoms with Gasteiger partial charge in [-0.3, -0.25) is 9.59 Å². The van der Waals surface area contributed by atoms with Crippen LogP contribution in [0.15, 0.2) is 0 Å². The number of carbonyl (C=O) groups is 2. The topological polar surface area (TPSA) is 75.4 Å². The van der Waals surface area contributed by atoms with Crippen molar-refractivity contribution in [3.05, 3.63) is 0 Å². The molecule has 0 spiro atoms. The van der Waals surface area contributed by atoms with Crippen LogP contribution in [0, 0.1) is 5.41 Å². The Balaban J connectivity index is 2.51. The molecule has 0 heterocycles. The Morgan fingerprint density at radius 2 is 1.85 bits per heavy atom. The smallest absolute Gasteiger partial charge is 0.345 e. The molecule has 0 unspecified atom stereocenters. The molecule has 0 bridgehead atoms. The summed E-state index contributed by atoms with van der Waals surface area (Å²) in [6.07, 6.45) is -1.33. The van der Waals surface area contributed by atoms with Crippen LogP contribution in [0.2, 0.25) is 0 Å². The summed E-state index contributed by atoms with van der Waals surface area (Å²) in [4.78, 5) is 24.8. The van der Waals surface area contributed by atoms with Crippen molar-refractivity contribution in [1.82, 2.24) is 10.2 Å². The molecule has 0 aromatic rings. The van der Waals surface area contributed by atoms with E-state index in [4.69, 9.17) is 5.73 Å². The molecular formula is C12H20F3N3O2. The largest absolute Gasteiger partial charge is 0.405 e. The molecule has 8 heteroatoms. The molecule has 3 N–H and O–H groups in total. The van der Waals surface area contributed by atoms with Crippen molar-refractivity contribution in [2.75, 3.05) is 26.7 Å². The fourth-order valence-electron chi connectivity index (χ4n) is 2.50. The number of nitrogens with zero attached hydrogens (tertiary/aromatic N) is 1. The molecule has 0 atom stereocenters. The van der Waals surface area contributed by atoms with Gasteiger partial charge in [0.1, 0.15) is 6.54 Å². The van der Waals surface area contributed by atoms with Crippen LogP contribution in [0.25, 0.3) is 0 Å². The molecule has 2 amide bonds. The van der Waals surface area contributed by atoms with Crippen LogP contribution in [0.1, 0.15) is 25.7 Å². The summed E-state index contributed by atoms with van der Waals surface area (Å²) < 4.78 is 35.9. The lowest BCUT2D eigenvalue weighted by Gasteiger charge is -2.30. The monoisotopic (exact) mass is 295 g/mol. The van der Waals surface area contributed by atoms with E-state index in [0.717, 1.165) is 17.7 Å². The highest BCUT2D eigenvalue weighted by Gasteiger charge is 2.41. The summed E-state index contributed by atoms with van der Waals surface area (Å²) in [5, 5.41) is 1.74. The number of hydrogen-bond acceptors (Lipinski definition) is 3. The minimum Gasteiger partial charge on any atom is -0.345 e. The molecule has 1 saturated carbocycles. The van der Waals surface area contributed by atoms with Crippen molar-refractivity contribution in [3.63, 3.8) is 0 Å². The highest BCUT2D eigenvalue weighted by molar-refractivity contribution is 5.88. The summed E-state index contributed by atoms with van der Waals surface area (Å²) in [7, 11) is 1.41. The molecule has 0 aliphatic heterocycles. The van der Waals surface area contributed by atoms with Crippen molar-refractivity contribution in [3.8, 4) is 0 Å². The van der Waals surface area contributed by atoms with Gasteiger partial charge in [-0.2, -0.15) is 13.2 Å². The van der Waals surface area contributed by atoms with Gasteiger partial charge in [-0.15, -0.1) is 0 Å². The molecule has 116 valence electrons. The number of carbonyl (C=O) groups excluding carboxylic acids is 2. The summed E-state index contributed by atoms with van der Waals surface area (Å²) in [5.41, 5.74) is 5.00. The molecule has 0 aromatic carbocycles. The van der Waals surface area contributed by atoms with Crippen molar-refractivity contribution in [2.24, 2.45) is 11.1 Å². The van der Waals surface area contributed by atoms with Crippen LogP contribution in [-0.4, -0.2) is 49.6 Å². The zero-order valence-electron chi connectivity index (χ0n) is 11.4. The Hall–Kier alpha value is -1.31. The molecule has 0 radical (unpaired) electrons. The molecule has 1 fully saturated rings. The number of rotatable bonds is 5. The molecule has 0 aromatic heterocycles. The van der Waals surface area contributed by atoms with Gasteiger partial charge in [0.05, 0.1) is 12.0 Å². The van der Waals surface area contributed by atoms with Crippen molar-refractivity contribution in [1.29, 1.82) is 0 Å². The van der Waals surface area contributed by atoms with Crippen LogP contribution < -0.4 is 11.1 Å². The van der Waals surface area contributed by atoms with Gasteiger partial charge in [0.25, 0.3) is 0 Å². The Morgan fingerprint density at radius 1 is 1.30 bits per heavy atom. The molecule has 1 rings (SSSR count). The molecule has 5 nitrogen and oxygen atoms in total. The highest BCUT2D eigenvalue weighted by atomic mass is 19.4. The number of hydrogen-bond donors (Lipinski definition) is 2. The van der Waals surface area contributed by atoms with Crippen LogP contribution in [0.4, 0.5) is 13.2 Å². The maximum absolute atomic E-state index is 12.3. The van der Waals surface area contributed by atoms with Gasteiger partial charge in [-0.25, -0.2) is 0 Å². The highest BCUT2D eigenvalue weighted by Crippen LogP contribution is 2.38. The minimum atomic E-state index is -4.46. The second-order valence-corrected chi connectivity index (χ2v) is 5.24. The third-order valence-corrected chi connectivity index (χ3v) is 3.62. The van der Waals surface area contributed by atoms with Gasteiger partial charge >= 0.3 is 6.18 Å². The molecule has 0 saturated heterocycles. The van der Waals surface area contributed by atoms with Crippen molar-refractivity contribution < 1.29 is 22.8 Å². The maximum atomic E-state index is 12.3. The average Bonchev–Trinajstić information content (AvgIpc) is 2.84. The lowest BCUT2D eigenvalue weighted by molar-refractivity contribution is -0.145. The Morgan fingerprint density at radius 3 is 2.30 bits per heavy atom. The predicted octanol–water partition coefficient (Wildman–Crippen LogP) is 0.642. The number of halogens is 3. The second kappa shape index (κ2) is 6.43. The van der Waals surface area contributed by atoms with Gasteiger partial charge in [0.15, 0.2) is 0 Å². The number of amides is 2. The number of alkyl halides is 3. The molecule has 1 aliphatic rings. The van der Waals surface area contributed by atoms with Gasteiger partial charge < -0.3 is 16.0 Å². The lowest BCUT2D eigenvalue weighted by Crippen LogP contribution is -2.48. The zero-order chi connectivity index (χ0) is 15.4. The van der Waals surface area contributed by atoms with E-state index in [0.29, 0.717) is 12.8 Å². The lowest BCUT2D eigenvalue weighted by atomic mass is 9.85. The standard InChI is InChI=1S/C12H20F3N3O2/c1-18(6-9(19)17-8-12(13,14)15)10(20)11(7-16)4-2-3-5-11/h2-8,16H2,1H3,(H,17,19). The maximum Gasteiger partial charge on any atom is 0.405 e. The van der Waals surface area contributed by atoms with E-state index in [1.54, 1.807) is 5.32 Å². The molecule has 20 heavy (non-hydrogen) atoms. The molecule has 1 aliphatic carbocycles. The van der Waals surface area contributed by atoms with E-state index in [9.17, 15) is 22.8 Å². The summed E-state index contributed by atoms with van der Waals surface area (Å²) in [6, 6.07) is 0. The first kappa shape index (κ1) is 16.7. The van der Waals surface area contributed by atoms with Crippen LogP contribution in [0.3, 0.4) is 0 Å². The first-order chi connectivity index (χ1) is 9.20. The summed E-state index contributed by atoms with van der Waals surface area (Å²) in [5.74, 6) is -1.09. The number of likely N-dealkylation sites (N-methyl/N-ethyl adjacent to an activating group) is 1. The first-order valence-electron chi connectivity index (χ1n) is 6.49. The van der Waals surface area contributed by atoms with E-state index in [1.807, 2.05) is 0 Å². The van der Waals surface area contributed by atoms with Crippen LogP contribution in [-0.2, 0) is 9.59 Å². The van der Waals surface area contributed by atoms with Gasteiger partial charge in [-0.1, -0.05) is 12.8 Å². The van der Waals surface area contributed by atoms with Crippen molar-refractivity contribution in [2.45, 2.75) is 31.9 Å². The normalized spacial score (nSPS) is 17.9. The van der Waals surface area contributed by atoms with Crippen LogP contribution in [0.5, 0.6) is 0 Å². The summed E-state index contributed by atoms with van der Waals surface area (Å²) in [6.45, 7) is -1.59. The Labute approximate surface area is 115 Å². The second-order valence-electron chi connectivity index (χ2n) is 5.24. The Bertz CT molecular complexity index is 365. The molecular weight excluding hydrogens is 275 g/mol. The number of nitrogens with two attached hydrogens (primary N) is 1. The van der Waals surface area contributed by atoms with E-state index in [2.05, 4.69) is 0 Å². The van der Waals surface area contributed by atoms with Gasteiger partial charge in [0.2, 0.25) is 11.8 Å². The van der Waals surface area contributed by atoms with E-state index < -0.39 is 30.6 Å². The fourth-order valence-corrected chi connectivity index (χ4v) is 2.50.